The Kier molecular flexibility index (Phi) is 2.82. The van der Waals surface area contributed by atoms with E-state index in [9.17, 15) is 5.11 Å². The van der Waals surface area contributed by atoms with Crippen molar-refractivity contribution < 1.29 is 5.11 Å². The summed E-state index contributed by atoms with van der Waals surface area (Å²) in [5.41, 5.74) is 0.157. The molecule has 0 unspecified atom stereocenters. The van der Waals surface area contributed by atoms with Gasteiger partial charge in [0.1, 0.15) is 0 Å². The van der Waals surface area contributed by atoms with E-state index in [2.05, 4.69) is 13.8 Å². The summed E-state index contributed by atoms with van der Waals surface area (Å²) in [5, 5.41) is 9.77. The average Bonchev–Trinajstić information content (AvgIpc) is 1.98. The van der Waals surface area contributed by atoms with Crippen LogP contribution in [0.1, 0.15) is 59.3 Å². The van der Waals surface area contributed by atoms with Crippen LogP contribution in [0.25, 0.3) is 0 Å². The van der Waals surface area contributed by atoms with Gasteiger partial charge in [-0.2, -0.15) is 0 Å². The fraction of sp³-hybridized carbons (Fsp3) is 1.00. The summed E-state index contributed by atoms with van der Waals surface area (Å²) in [6.07, 6.45) is 6.98. The SMILES string of the molecule is CCCC1(C)CCC(C)(O)CC1. The first kappa shape index (κ1) is 10.0. The summed E-state index contributed by atoms with van der Waals surface area (Å²) in [6, 6.07) is 0. The van der Waals surface area contributed by atoms with Crippen molar-refractivity contribution >= 4 is 0 Å². The lowest BCUT2D eigenvalue weighted by Crippen LogP contribution is -2.35. The molecule has 0 saturated heterocycles. The second-order valence-electron chi connectivity index (χ2n) is 5.06. The molecule has 0 aliphatic heterocycles. The molecular formula is C11H22O. The maximum Gasteiger partial charge on any atom is 0.0620 e. The summed E-state index contributed by atoms with van der Waals surface area (Å²) in [5.74, 6) is 0. The van der Waals surface area contributed by atoms with Crippen LogP contribution >= 0.6 is 0 Å². The molecule has 0 amide bonds. The minimum atomic E-state index is -0.368. The normalized spacial score (nSPS) is 43.0. The highest BCUT2D eigenvalue weighted by molar-refractivity contribution is 4.87. The zero-order valence-corrected chi connectivity index (χ0v) is 8.69. The van der Waals surface area contributed by atoms with Crippen LogP contribution in [0.2, 0.25) is 0 Å². The Bertz CT molecular complexity index is 139. The van der Waals surface area contributed by atoms with Crippen LogP contribution in [0.3, 0.4) is 0 Å². The van der Waals surface area contributed by atoms with E-state index in [1.165, 1.54) is 25.7 Å². The van der Waals surface area contributed by atoms with Gasteiger partial charge in [-0.15, -0.1) is 0 Å². The summed E-state index contributed by atoms with van der Waals surface area (Å²) in [7, 11) is 0. The third-order valence-electron chi connectivity index (χ3n) is 3.39. The molecule has 0 aromatic rings. The third kappa shape index (κ3) is 2.48. The highest BCUT2D eigenvalue weighted by Gasteiger charge is 2.35. The van der Waals surface area contributed by atoms with Gasteiger partial charge in [-0.25, -0.2) is 0 Å². The minimum absolute atomic E-state index is 0.368. The highest BCUT2D eigenvalue weighted by atomic mass is 16.3. The van der Waals surface area contributed by atoms with Gasteiger partial charge in [-0.1, -0.05) is 20.3 Å². The van der Waals surface area contributed by atoms with Crippen molar-refractivity contribution in [1.82, 2.24) is 0 Å². The van der Waals surface area contributed by atoms with E-state index in [1.54, 1.807) is 0 Å². The Morgan fingerprint density at radius 2 is 1.58 bits per heavy atom. The van der Waals surface area contributed by atoms with Gasteiger partial charge < -0.3 is 5.11 Å². The average molecular weight is 170 g/mol. The third-order valence-corrected chi connectivity index (χ3v) is 3.39. The molecule has 12 heavy (non-hydrogen) atoms. The molecule has 0 aromatic heterocycles. The van der Waals surface area contributed by atoms with Crippen molar-refractivity contribution in [3.63, 3.8) is 0 Å². The smallest absolute Gasteiger partial charge is 0.0620 e. The predicted octanol–water partition coefficient (Wildman–Crippen LogP) is 3.12. The Labute approximate surface area is 76.2 Å². The van der Waals surface area contributed by atoms with Crippen LogP contribution in [0.5, 0.6) is 0 Å². The maximum atomic E-state index is 9.77. The molecule has 0 radical (unpaired) electrons. The van der Waals surface area contributed by atoms with E-state index in [1.807, 2.05) is 6.92 Å². The second-order valence-corrected chi connectivity index (χ2v) is 5.06. The van der Waals surface area contributed by atoms with Gasteiger partial charge in [0.15, 0.2) is 0 Å². The zero-order chi connectivity index (χ0) is 9.24. The summed E-state index contributed by atoms with van der Waals surface area (Å²) in [4.78, 5) is 0. The van der Waals surface area contributed by atoms with Crippen LogP contribution in [-0.4, -0.2) is 10.7 Å². The first-order chi connectivity index (χ1) is 5.47. The molecular weight excluding hydrogens is 148 g/mol. The topological polar surface area (TPSA) is 20.2 Å². The lowest BCUT2D eigenvalue weighted by molar-refractivity contribution is -0.0168. The Morgan fingerprint density at radius 1 is 1.08 bits per heavy atom. The van der Waals surface area contributed by atoms with Crippen LogP contribution in [-0.2, 0) is 0 Å². The molecule has 1 rings (SSSR count). The molecule has 0 aromatic carbocycles. The minimum Gasteiger partial charge on any atom is -0.390 e. The molecule has 0 heterocycles. The quantitative estimate of drug-likeness (QED) is 0.675. The molecule has 1 nitrogen and oxygen atoms in total. The summed E-state index contributed by atoms with van der Waals surface area (Å²) in [6.45, 7) is 6.59. The van der Waals surface area contributed by atoms with Crippen molar-refractivity contribution in [3.8, 4) is 0 Å². The Morgan fingerprint density at radius 3 is 2.00 bits per heavy atom. The standard InChI is InChI=1S/C11H22O/c1-4-5-10(2)6-8-11(3,12)9-7-10/h12H,4-9H2,1-3H3. The van der Waals surface area contributed by atoms with E-state index in [-0.39, 0.29) is 5.60 Å². The van der Waals surface area contributed by atoms with E-state index in [0.717, 1.165) is 12.8 Å². The molecule has 0 atom stereocenters. The van der Waals surface area contributed by atoms with Crippen LogP contribution in [0.15, 0.2) is 0 Å². The molecule has 72 valence electrons. The highest BCUT2D eigenvalue weighted by Crippen LogP contribution is 2.43. The largest absolute Gasteiger partial charge is 0.390 e. The van der Waals surface area contributed by atoms with E-state index >= 15 is 0 Å². The fourth-order valence-electron chi connectivity index (χ4n) is 2.25. The van der Waals surface area contributed by atoms with Crippen LogP contribution in [0, 0.1) is 5.41 Å². The van der Waals surface area contributed by atoms with Crippen molar-refractivity contribution in [2.75, 3.05) is 0 Å². The number of hydrogen-bond donors (Lipinski definition) is 1. The van der Waals surface area contributed by atoms with Gasteiger partial charge in [0.2, 0.25) is 0 Å². The molecule has 1 saturated carbocycles. The van der Waals surface area contributed by atoms with E-state index in [4.69, 9.17) is 0 Å². The zero-order valence-electron chi connectivity index (χ0n) is 8.69. The van der Waals surface area contributed by atoms with Crippen molar-refractivity contribution in [3.05, 3.63) is 0 Å². The number of rotatable bonds is 2. The van der Waals surface area contributed by atoms with Gasteiger partial charge in [0, 0.05) is 0 Å². The molecule has 1 N–H and O–H groups in total. The summed E-state index contributed by atoms with van der Waals surface area (Å²) < 4.78 is 0. The first-order valence-corrected chi connectivity index (χ1v) is 5.20. The monoisotopic (exact) mass is 170 g/mol. The van der Waals surface area contributed by atoms with Gasteiger partial charge in [0.25, 0.3) is 0 Å². The molecule has 1 heteroatoms. The van der Waals surface area contributed by atoms with Crippen molar-refractivity contribution in [2.45, 2.75) is 64.9 Å². The molecule has 0 spiro atoms. The Balaban J connectivity index is 2.44. The number of aliphatic hydroxyl groups is 1. The Hall–Kier alpha value is -0.0400. The van der Waals surface area contributed by atoms with Gasteiger partial charge in [-0.3, -0.25) is 0 Å². The van der Waals surface area contributed by atoms with Crippen LogP contribution in [0.4, 0.5) is 0 Å². The van der Waals surface area contributed by atoms with Gasteiger partial charge in [-0.05, 0) is 44.4 Å². The lowest BCUT2D eigenvalue weighted by atomic mass is 9.68. The molecule has 1 aliphatic rings. The lowest BCUT2D eigenvalue weighted by Gasteiger charge is -2.40. The van der Waals surface area contributed by atoms with Gasteiger partial charge in [0.05, 0.1) is 5.60 Å². The van der Waals surface area contributed by atoms with Crippen molar-refractivity contribution in [2.24, 2.45) is 5.41 Å². The number of hydrogen-bond acceptors (Lipinski definition) is 1. The summed E-state index contributed by atoms with van der Waals surface area (Å²) >= 11 is 0. The first-order valence-electron chi connectivity index (χ1n) is 5.20. The van der Waals surface area contributed by atoms with E-state index in [0.29, 0.717) is 5.41 Å². The van der Waals surface area contributed by atoms with Crippen LogP contribution < -0.4 is 0 Å². The van der Waals surface area contributed by atoms with E-state index < -0.39 is 0 Å². The van der Waals surface area contributed by atoms with Gasteiger partial charge >= 0.3 is 0 Å². The van der Waals surface area contributed by atoms with Crippen molar-refractivity contribution in [1.29, 1.82) is 0 Å². The fourth-order valence-corrected chi connectivity index (χ4v) is 2.25. The molecule has 0 bridgehead atoms. The second kappa shape index (κ2) is 3.37. The molecule has 1 fully saturated rings. The molecule has 1 aliphatic carbocycles. The maximum absolute atomic E-state index is 9.77. The predicted molar refractivity (Wildman–Crippen MR) is 52.1 cm³/mol.